The van der Waals surface area contributed by atoms with E-state index in [4.69, 9.17) is 5.73 Å². The van der Waals surface area contributed by atoms with Gasteiger partial charge in [-0.3, -0.25) is 0 Å². The first-order valence-electron chi connectivity index (χ1n) is 6.87. The van der Waals surface area contributed by atoms with E-state index in [-0.39, 0.29) is 5.82 Å². The fourth-order valence-corrected chi connectivity index (χ4v) is 2.36. The molecule has 0 bridgehead atoms. The molecule has 0 atom stereocenters. The van der Waals surface area contributed by atoms with E-state index in [1.807, 2.05) is 19.9 Å². The number of aromatic nitrogens is 2. The fraction of sp³-hybridized carbons (Fsp3) is 0.375. The molecule has 0 radical (unpaired) electrons. The van der Waals surface area contributed by atoms with E-state index in [2.05, 4.69) is 9.97 Å². The minimum absolute atomic E-state index is 0.226. The molecule has 1 aromatic carbocycles. The second-order valence-electron chi connectivity index (χ2n) is 4.99. The van der Waals surface area contributed by atoms with Gasteiger partial charge in [-0.2, -0.15) is 0 Å². The van der Waals surface area contributed by atoms with Crippen LogP contribution in [0.3, 0.4) is 0 Å². The van der Waals surface area contributed by atoms with Gasteiger partial charge in [0.25, 0.3) is 0 Å². The normalized spacial score (nSPS) is 10.8. The summed E-state index contributed by atoms with van der Waals surface area (Å²) in [6, 6.07) is 6.56. The SMILES string of the molecule is Cc1nc(Cc2cccc(F)c2)nc(C)c1CCCN. The lowest BCUT2D eigenvalue weighted by atomic mass is 10.1. The minimum Gasteiger partial charge on any atom is -0.330 e. The highest BCUT2D eigenvalue weighted by Gasteiger charge is 2.09. The third-order valence-electron chi connectivity index (χ3n) is 3.35. The Morgan fingerprint density at radius 2 is 1.85 bits per heavy atom. The molecule has 0 saturated carbocycles. The van der Waals surface area contributed by atoms with Gasteiger partial charge < -0.3 is 5.73 Å². The van der Waals surface area contributed by atoms with Crippen LogP contribution in [0.5, 0.6) is 0 Å². The lowest BCUT2D eigenvalue weighted by Crippen LogP contribution is -2.08. The predicted octanol–water partition coefficient (Wildman–Crippen LogP) is 2.71. The van der Waals surface area contributed by atoms with Crippen LogP contribution in [0.1, 0.15) is 34.8 Å². The zero-order valence-corrected chi connectivity index (χ0v) is 12.0. The van der Waals surface area contributed by atoms with Crippen molar-refractivity contribution >= 4 is 0 Å². The highest BCUT2D eigenvalue weighted by Crippen LogP contribution is 2.15. The van der Waals surface area contributed by atoms with Gasteiger partial charge in [0.1, 0.15) is 11.6 Å². The van der Waals surface area contributed by atoms with Crippen LogP contribution in [0, 0.1) is 19.7 Å². The summed E-state index contributed by atoms with van der Waals surface area (Å²) >= 11 is 0. The zero-order valence-electron chi connectivity index (χ0n) is 12.0. The van der Waals surface area contributed by atoms with Crippen molar-refractivity contribution in [3.63, 3.8) is 0 Å². The molecule has 0 unspecified atom stereocenters. The summed E-state index contributed by atoms with van der Waals surface area (Å²) in [5.74, 6) is 0.512. The molecule has 2 aromatic rings. The number of nitrogens with two attached hydrogens (primary N) is 1. The van der Waals surface area contributed by atoms with Crippen molar-refractivity contribution in [2.24, 2.45) is 5.73 Å². The Kier molecular flexibility index (Phi) is 4.79. The molecule has 1 aromatic heterocycles. The molecule has 0 aliphatic carbocycles. The van der Waals surface area contributed by atoms with E-state index in [1.54, 1.807) is 6.07 Å². The van der Waals surface area contributed by atoms with Gasteiger partial charge in [-0.1, -0.05) is 12.1 Å². The van der Waals surface area contributed by atoms with Gasteiger partial charge in [0.15, 0.2) is 0 Å². The summed E-state index contributed by atoms with van der Waals surface area (Å²) < 4.78 is 13.2. The number of halogens is 1. The Hall–Kier alpha value is -1.81. The van der Waals surface area contributed by atoms with Crippen LogP contribution in [-0.4, -0.2) is 16.5 Å². The molecule has 0 aliphatic heterocycles. The standard InChI is InChI=1S/C16H20FN3/c1-11-15(7-4-8-18)12(2)20-16(19-11)10-13-5-3-6-14(17)9-13/h3,5-6,9H,4,7-8,10,18H2,1-2H3. The maximum Gasteiger partial charge on any atom is 0.133 e. The average Bonchev–Trinajstić information content (AvgIpc) is 2.38. The molecule has 0 aliphatic rings. The molecule has 20 heavy (non-hydrogen) atoms. The minimum atomic E-state index is -0.226. The predicted molar refractivity (Wildman–Crippen MR) is 78.1 cm³/mol. The van der Waals surface area contributed by atoms with Crippen LogP contribution < -0.4 is 5.73 Å². The number of rotatable bonds is 5. The summed E-state index contributed by atoms with van der Waals surface area (Å²) in [5.41, 5.74) is 9.61. The molecule has 0 fully saturated rings. The third kappa shape index (κ3) is 3.61. The van der Waals surface area contributed by atoms with Crippen LogP contribution in [0.25, 0.3) is 0 Å². The topological polar surface area (TPSA) is 51.8 Å². The number of hydrogen-bond donors (Lipinski definition) is 1. The van der Waals surface area contributed by atoms with Gasteiger partial charge in [0, 0.05) is 17.8 Å². The van der Waals surface area contributed by atoms with Crippen molar-refractivity contribution < 1.29 is 4.39 Å². The first-order valence-corrected chi connectivity index (χ1v) is 6.87. The molecule has 2 N–H and O–H groups in total. The van der Waals surface area contributed by atoms with Crippen LogP contribution in [0.4, 0.5) is 4.39 Å². The van der Waals surface area contributed by atoms with E-state index in [0.717, 1.165) is 35.6 Å². The monoisotopic (exact) mass is 273 g/mol. The van der Waals surface area contributed by atoms with Gasteiger partial charge in [-0.15, -0.1) is 0 Å². The largest absolute Gasteiger partial charge is 0.330 e. The van der Waals surface area contributed by atoms with Gasteiger partial charge in [0.05, 0.1) is 0 Å². The maximum absolute atomic E-state index is 13.2. The molecule has 1 heterocycles. The molecular weight excluding hydrogens is 253 g/mol. The first-order chi connectivity index (χ1) is 9.60. The van der Waals surface area contributed by atoms with E-state index in [0.29, 0.717) is 13.0 Å². The molecule has 0 saturated heterocycles. The fourth-order valence-electron chi connectivity index (χ4n) is 2.36. The Balaban J connectivity index is 2.21. The molecule has 106 valence electrons. The van der Waals surface area contributed by atoms with Gasteiger partial charge >= 0.3 is 0 Å². The van der Waals surface area contributed by atoms with Crippen LogP contribution >= 0.6 is 0 Å². The lowest BCUT2D eigenvalue weighted by Gasteiger charge is -2.10. The second-order valence-corrected chi connectivity index (χ2v) is 4.99. The zero-order chi connectivity index (χ0) is 14.5. The van der Waals surface area contributed by atoms with E-state index in [9.17, 15) is 4.39 Å². The summed E-state index contributed by atoms with van der Waals surface area (Å²) in [6.45, 7) is 4.66. The summed E-state index contributed by atoms with van der Waals surface area (Å²) in [5, 5.41) is 0. The van der Waals surface area contributed by atoms with Gasteiger partial charge in [-0.25, -0.2) is 14.4 Å². The number of nitrogens with zero attached hydrogens (tertiary/aromatic N) is 2. The molecule has 3 nitrogen and oxygen atoms in total. The number of aryl methyl sites for hydroxylation is 2. The summed E-state index contributed by atoms with van der Waals surface area (Å²) in [7, 11) is 0. The second kappa shape index (κ2) is 6.57. The highest BCUT2D eigenvalue weighted by atomic mass is 19.1. The van der Waals surface area contributed by atoms with Crippen LogP contribution in [0.2, 0.25) is 0 Å². The van der Waals surface area contributed by atoms with Crippen molar-refractivity contribution in [1.29, 1.82) is 0 Å². The van der Waals surface area contributed by atoms with E-state index in [1.165, 1.54) is 17.7 Å². The molecule has 0 amide bonds. The van der Waals surface area contributed by atoms with Crippen molar-refractivity contribution in [3.8, 4) is 0 Å². The summed E-state index contributed by atoms with van der Waals surface area (Å²) in [4.78, 5) is 9.07. The first kappa shape index (κ1) is 14.6. The molecule has 2 rings (SSSR count). The van der Waals surface area contributed by atoms with Gasteiger partial charge in [-0.05, 0) is 56.5 Å². The smallest absolute Gasteiger partial charge is 0.133 e. The highest BCUT2D eigenvalue weighted by molar-refractivity contribution is 5.27. The number of benzene rings is 1. The Morgan fingerprint density at radius 1 is 1.15 bits per heavy atom. The quantitative estimate of drug-likeness (QED) is 0.911. The summed E-state index contributed by atoms with van der Waals surface area (Å²) in [6.07, 6.45) is 2.40. The number of hydrogen-bond acceptors (Lipinski definition) is 3. The molecular formula is C16H20FN3. The van der Waals surface area contributed by atoms with Crippen molar-refractivity contribution in [1.82, 2.24) is 9.97 Å². The Morgan fingerprint density at radius 3 is 2.45 bits per heavy atom. The van der Waals surface area contributed by atoms with Gasteiger partial charge in [0.2, 0.25) is 0 Å². The third-order valence-corrected chi connectivity index (χ3v) is 3.35. The Bertz CT molecular complexity index is 573. The Labute approximate surface area is 119 Å². The van der Waals surface area contributed by atoms with Crippen molar-refractivity contribution in [2.75, 3.05) is 6.54 Å². The van der Waals surface area contributed by atoms with Crippen molar-refractivity contribution in [2.45, 2.75) is 33.1 Å². The molecule has 0 spiro atoms. The average molecular weight is 273 g/mol. The maximum atomic E-state index is 13.2. The molecule has 4 heteroatoms. The van der Waals surface area contributed by atoms with E-state index >= 15 is 0 Å². The van der Waals surface area contributed by atoms with E-state index < -0.39 is 0 Å². The lowest BCUT2D eigenvalue weighted by molar-refractivity contribution is 0.625. The van der Waals surface area contributed by atoms with Crippen LogP contribution in [-0.2, 0) is 12.8 Å². The van der Waals surface area contributed by atoms with Crippen molar-refractivity contribution in [3.05, 3.63) is 58.4 Å². The van der Waals surface area contributed by atoms with Crippen LogP contribution in [0.15, 0.2) is 24.3 Å².